The molecule has 6 nitrogen and oxygen atoms in total. The molecule has 3 rings (SSSR count). The molecule has 3 heterocycles. The minimum absolute atomic E-state index is 0.0236. The van der Waals surface area contributed by atoms with Gasteiger partial charge in [0.15, 0.2) is 8.32 Å². The Hall–Kier alpha value is -2.03. The van der Waals surface area contributed by atoms with Gasteiger partial charge in [0.2, 0.25) is 0 Å². The standard InChI is InChI=1S/C37H58O6Si/c1-28-13-9-14-30-15-10-16-31(41-30)17-12-20-36(38)42-34(18-11-19-35(26-28)43-44(7,8)37(3,4)5)27-32(39-6)21-22-33-25-29(2)23-24-40-33/h10-12,16,19-23,30-35H,1,9,13-15,17-18,24-27H2,2-8H3. The van der Waals surface area contributed by atoms with Crippen LogP contribution in [0.1, 0.15) is 85.5 Å². The maximum Gasteiger partial charge on any atom is 0.330 e. The third-order valence-corrected chi connectivity index (χ3v) is 13.7. The summed E-state index contributed by atoms with van der Waals surface area (Å²) >= 11 is 0. The summed E-state index contributed by atoms with van der Waals surface area (Å²) in [5.74, 6) is -0.349. The van der Waals surface area contributed by atoms with Crippen molar-refractivity contribution < 1.29 is 28.2 Å². The summed E-state index contributed by atoms with van der Waals surface area (Å²) in [7, 11) is -0.331. The molecule has 0 amide bonds. The normalized spacial score (nSPS) is 29.2. The fourth-order valence-electron chi connectivity index (χ4n) is 5.45. The monoisotopic (exact) mass is 626 g/mol. The van der Waals surface area contributed by atoms with Gasteiger partial charge in [-0.2, -0.15) is 0 Å². The van der Waals surface area contributed by atoms with Crippen LogP contribution in [0.2, 0.25) is 18.1 Å². The highest BCUT2D eigenvalue weighted by atomic mass is 28.4. The topological polar surface area (TPSA) is 63.2 Å². The highest BCUT2D eigenvalue weighted by Crippen LogP contribution is 2.38. The number of cyclic esters (lactones) is 1. The van der Waals surface area contributed by atoms with Crippen molar-refractivity contribution in [1.29, 1.82) is 0 Å². The molecule has 6 unspecified atom stereocenters. The van der Waals surface area contributed by atoms with Crippen molar-refractivity contribution in [2.24, 2.45) is 0 Å². The van der Waals surface area contributed by atoms with Crippen LogP contribution < -0.4 is 0 Å². The molecule has 0 radical (unpaired) electrons. The first-order valence-electron chi connectivity index (χ1n) is 16.5. The van der Waals surface area contributed by atoms with Gasteiger partial charge in [0.25, 0.3) is 0 Å². The summed E-state index contributed by atoms with van der Waals surface area (Å²) in [6.45, 7) is 18.6. The number of carbonyl (C=O) groups is 1. The van der Waals surface area contributed by atoms with Crippen molar-refractivity contribution in [2.75, 3.05) is 13.7 Å². The van der Waals surface area contributed by atoms with Crippen LogP contribution in [0.3, 0.4) is 0 Å². The quantitative estimate of drug-likeness (QED) is 0.160. The first-order valence-corrected chi connectivity index (χ1v) is 19.4. The van der Waals surface area contributed by atoms with Crippen molar-refractivity contribution in [2.45, 2.75) is 140 Å². The van der Waals surface area contributed by atoms with Crippen LogP contribution in [0.15, 0.2) is 72.4 Å². The number of carbonyl (C=O) groups excluding carboxylic acids is 1. The molecule has 3 aliphatic heterocycles. The maximum absolute atomic E-state index is 13.0. The van der Waals surface area contributed by atoms with Gasteiger partial charge >= 0.3 is 5.97 Å². The van der Waals surface area contributed by atoms with Gasteiger partial charge in [0.1, 0.15) is 6.10 Å². The SMILES string of the molecule is C=C1CCCC2CC=CC(CC=CC(=O)OC(CC(C=CC3CC(C)=CCO3)OC)CC=CC(O[Si](C)(C)C(C)(C)C)C1)O2. The van der Waals surface area contributed by atoms with Crippen molar-refractivity contribution in [3.63, 3.8) is 0 Å². The predicted molar refractivity (Wildman–Crippen MR) is 182 cm³/mol. The van der Waals surface area contributed by atoms with E-state index in [9.17, 15) is 4.79 Å². The molecular weight excluding hydrogens is 568 g/mol. The Kier molecular flexibility index (Phi) is 14.6. The maximum atomic E-state index is 13.0. The van der Waals surface area contributed by atoms with Gasteiger partial charge in [-0.3, -0.25) is 0 Å². The molecule has 44 heavy (non-hydrogen) atoms. The number of hydrogen-bond donors (Lipinski definition) is 0. The molecule has 0 fully saturated rings. The largest absolute Gasteiger partial charge is 0.459 e. The molecule has 3 aliphatic rings. The number of esters is 1. The van der Waals surface area contributed by atoms with Gasteiger partial charge in [-0.15, -0.1) is 0 Å². The van der Waals surface area contributed by atoms with E-state index in [0.29, 0.717) is 25.9 Å². The van der Waals surface area contributed by atoms with Gasteiger partial charge in [-0.1, -0.05) is 87.1 Å². The molecule has 0 aromatic carbocycles. The summed E-state index contributed by atoms with van der Waals surface area (Å²) in [4.78, 5) is 13.0. The molecular formula is C37H58O6Si. The summed E-state index contributed by atoms with van der Waals surface area (Å²) in [5, 5.41) is 0.0926. The van der Waals surface area contributed by atoms with Crippen LogP contribution in [0, 0.1) is 0 Å². The van der Waals surface area contributed by atoms with Gasteiger partial charge < -0.3 is 23.4 Å². The fourth-order valence-corrected chi connectivity index (χ4v) is 6.73. The molecule has 2 bridgehead atoms. The number of rotatable bonds is 7. The van der Waals surface area contributed by atoms with E-state index in [1.165, 1.54) is 17.2 Å². The fraction of sp³-hybridized carbons (Fsp3) is 0.649. The predicted octanol–water partition coefficient (Wildman–Crippen LogP) is 8.72. The van der Waals surface area contributed by atoms with Crippen LogP contribution in [0.4, 0.5) is 0 Å². The van der Waals surface area contributed by atoms with E-state index in [2.05, 4.69) is 83.8 Å². The van der Waals surface area contributed by atoms with E-state index in [1.54, 1.807) is 7.11 Å². The lowest BCUT2D eigenvalue weighted by atomic mass is 9.99. The molecule has 0 N–H and O–H groups in total. The van der Waals surface area contributed by atoms with Crippen molar-refractivity contribution in [3.8, 4) is 0 Å². The number of hydrogen-bond acceptors (Lipinski definition) is 6. The van der Waals surface area contributed by atoms with Crippen molar-refractivity contribution in [3.05, 3.63) is 72.4 Å². The van der Waals surface area contributed by atoms with E-state index < -0.39 is 8.32 Å². The Morgan fingerprint density at radius 2 is 1.89 bits per heavy atom. The van der Waals surface area contributed by atoms with E-state index in [4.69, 9.17) is 23.4 Å². The summed E-state index contributed by atoms with van der Waals surface area (Å²) < 4.78 is 30.9. The Labute approximate surface area is 268 Å². The Bertz CT molecular complexity index is 1080. The zero-order valence-corrected chi connectivity index (χ0v) is 29.4. The van der Waals surface area contributed by atoms with E-state index in [-0.39, 0.29) is 47.6 Å². The van der Waals surface area contributed by atoms with Crippen molar-refractivity contribution in [1.82, 2.24) is 0 Å². The average molecular weight is 627 g/mol. The molecule has 0 saturated carbocycles. The number of fused-ring (bicyclic) bond motifs is 2. The van der Waals surface area contributed by atoms with Gasteiger partial charge in [0.05, 0.1) is 37.1 Å². The molecule has 7 heteroatoms. The Balaban J connectivity index is 1.80. The molecule has 246 valence electrons. The van der Waals surface area contributed by atoms with Crippen LogP contribution in [-0.2, 0) is 28.2 Å². The summed E-state index contributed by atoms with van der Waals surface area (Å²) in [6.07, 6.45) is 25.1. The third kappa shape index (κ3) is 12.8. The second-order valence-corrected chi connectivity index (χ2v) is 18.9. The smallest absolute Gasteiger partial charge is 0.330 e. The summed E-state index contributed by atoms with van der Waals surface area (Å²) in [6, 6.07) is 0. The second-order valence-electron chi connectivity index (χ2n) is 14.1. The second kappa shape index (κ2) is 17.6. The van der Waals surface area contributed by atoms with Gasteiger partial charge in [-0.05, 0) is 70.0 Å². The third-order valence-electron chi connectivity index (χ3n) is 9.17. The van der Waals surface area contributed by atoms with E-state index >= 15 is 0 Å². The highest BCUT2D eigenvalue weighted by molar-refractivity contribution is 6.74. The molecule has 0 spiro atoms. The van der Waals surface area contributed by atoms with Crippen LogP contribution in [0.5, 0.6) is 0 Å². The molecule has 0 aliphatic carbocycles. The van der Waals surface area contributed by atoms with Crippen LogP contribution in [0.25, 0.3) is 0 Å². The van der Waals surface area contributed by atoms with Gasteiger partial charge in [-0.25, -0.2) is 4.79 Å². The van der Waals surface area contributed by atoms with Crippen LogP contribution in [-0.4, -0.2) is 64.6 Å². The minimum Gasteiger partial charge on any atom is -0.459 e. The number of ether oxygens (including phenoxy) is 4. The number of methoxy groups -OCH3 is 1. The Morgan fingerprint density at radius 1 is 1.11 bits per heavy atom. The first-order chi connectivity index (χ1) is 20.8. The molecule has 6 atom stereocenters. The molecule has 0 aromatic rings. The zero-order valence-electron chi connectivity index (χ0n) is 28.4. The zero-order chi connectivity index (χ0) is 32.2. The molecule has 0 aromatic heterocycles. The van der Waals surface area contributed by atoms with Crippen molar-refractivity contribution >= 4 is 14.3 Å². The molecule has 0 saturated heterocycles. The lowest BCUT2D eigenvalue weighted by molar-refractivity contribution is -0.144. The first kappa shape index (κ1) is 36.4. The lowest BCUT2D eigenvalue weighted by Crippen LogP contribution is -2.43. The minimum atomic E-state index is -2.03. The summed E-state index contributed by atoms with van der Waals surface area (Å²) in [5.41, 5.74) is 2.53. The highest BCUT2D eigenvalue weighted by Gasteiger charge is 2.38. The average Bonchev–Trinajstić information content (AvgIpc) is 2.94. The van der Waals surface area contributed by atoms with E-state index in [1.807, 2.05) is 12.2 Å². The van der Waals surface area contributed by atoms with Gasteiger partial charge in [0, 0.05) is 26.0 Å². The van der Waals surface area contributed by atoms with Crippen LogP contribution >= 0.6 is 0 Å². The lowest BCUT2D eigenvalue weighted by Gasteiger charge is -2.39. The van der Waals surface area contributed by atoms with E-state index in [0.717, 1.165) is 38.5 Å². The Morgan fingerprint density at radius 3 is 2.61 bits per heavy atom.